The molecule has 1 saturated heterocycles. The monoisotopic (exact) mass is 401 g/mol. The maximum absolute atomic E-state index is 12.4. The fourth-order valence-corrected chi connectivity index (χ4v) is 4.71. The summed E-state index contributed by atoms with van der Waals surface area (Å²) < 4.78 is 26.3. The first-order valence-electron chi connectivity index (χ1n) is 9.09. The molecular formula is C20H23N3O4S. The van der Waals surface area contributed by atoms with Gasteiger partial charge in [-0.15, -0.1) is 0 Å². The highest BCUT2D eigenvalue weighted by Gasteiger charge is 2.25. The van der Waals surface area contributed by atoms with E-state index < -0.39 is 10.0 Å². The predicted molar refractivity (Wildman–Crippen MR) is 109 cm³/mol. The van der Waals surface area contributed by atoms with Crippen molar-refractivity contribution in [3.63, 3.8) is 0 Å². The number of nitrogens with zero attached hydrogens (tertiary/aromatic N) is 1. The Bertz CT molecular complexity index is 965. The fraction of sp³-hybridized carbons (Fsp3) is 0.300. The molecule has 7 nitrogen and oxygen atoms in total. The number of carbonyl (C=O) groups excluding carboxylic acids is 2. The van der Waals surface area contributed by atoms with E-state index in [4.69, 9.17) is 0 Å². The van der Waals surface area contributed by atoms with E-state index in [9.17, 15) is 18.0 Å². The van der Waals surface area contributed by atoms with E-state index in [-0.39, 0.29) is 17.6 Å². The summed E-state index contributed by atoms with van der Waals surface area (Å²) in [7, 11) is -3.31. The van der Waals surface area contributed by atoms with Crippen LogP contribution in [-0.4, -0.2) is 37.6 Å². The summed E-state index contributed by atoms with van der Waals surface area (Å²) in [5.41, 5.74) is 2.22. The molecule has 0 unspecified atom stereocenters. The Kier molecular flexibility index (Phi) is 6.11. The van der Waals surface area contributed by atoms with Crippen molar-refractivity contribution in [1.29, 1.82) is 0 Å². The predicted octanol–water partition coefficient (Wildman–Crippen LogP) is 2.82. The number of benzene rings is 2. The zero-order chi connectivity index (χ0) is 20.1. The molecule has 0 spiro atoms. The molecule has 0 aromatic heterocycles. The first kappa shape index (κ1) is 20.0. The lowest BCUT2D eigenvalue weighted by Gasteiger charge is -2.15. The smallest absolute Gasteiger partial charge is 0.255 e. The second kappa shape index (κ2) is 8.53. The van der Waals surface area contributed by atoms with Gasteiger partial charge in [0.2, 0.25) is 15.9 Å². The number of carbonyl (C=O) groups is 2. The molecule has 148 valence electrons. The molecule has 3 rings (SSSR count). The fourth-order valence-electron chi connectivity index (χ4n) is 3.10. The standard InChI is InChI=1S/C20H23N3O4S/c1-15(24)21-18-5-4-6-19(13-18)22-20(25)17-9-7-16(8-10-17)14-28(26,27)23-11-2-3-12-23/h4-10,13H,2-3,11-12,14H2,1H3,(H,21,24)(H,22,25). The van der Waals surface area contributed by atoms with Gasteiger partial charge < -0.3 is 10.6 Å². The molecule has 0 bridgehead atoms. The van der Waals surface area contributed by atoms with Crippen LogP contribution in [-0.2, 0) is 20.6 Å². The van der Waals surface area contributed by atoms with Crippen LogP contribution in [0.2, 0.25) is 0 Å². The summed E-state index contributed by atoms with van der Waals surface area (Å²) in [6, 6.07) is 13.4. The molecular weight excluding hydrogens is 378 g/mol. The van der Waals surface area contributed by atoms with Gasteiger partial charge in [0.1, 0.15) is 0 Å². The lowest BCUT2D eigenvalue weighted by atomic mass is 10.1. The van der Waals surface area contributed by atoms with Gasteiger partial charge in [-0.2, -0.15) is 0 Å². The molecule has 2 N–H and O–H groups in total. The maximum Gasteiger partial charge on any atom is 0.255 e. The second-order valence-corrected chi connectivity index (χ2v) is 8.74. The van der Waals surface area contributed by atoms with Crippen LogP contribution in [0, 0.1) is 0 Å². The van der Waals surface area contributed by atoms with Crippen LogP contribution >= 0.6 is 0 Å². The Morgan fingerprint density at radius 1 is 0.964 bits per heavy atom. The molecule has 28 heavy (non-hydrogen) atoms. The molecule has 0 atom stereocenters. The minimum atomic E-state index is -3.31. The minimum Gasteiger partial charge on any atom is -0.326 e. The Morgan fingerprint density at radius 3 is 2.18 bits per heavy atom. The first-order valence-corrected chi connectivity index (χ1v) is 10.7. The van der Waals surface area contributed by atoms with E-state index in [0.717, 1.165) is 12.8 Å². The van der Waals surface area contributed by atoms with Gasteiger partial charge in [0, 0.05) is 37.0 Å². The summed E-state index contributed by atoms with van der Waals surface area (Å²) in [5.74, 6) is -0.565. The third-order valence-electron chi connectivity index (χ3n) is 4.46. The van der Waals surface area contributed by atoms with E-state index in [2.05, 4.69) is 10.6 Å². The van der Waals surface area contributed by atoms with Gasteiger partial charge in [-0.05, 0) is 48.7 Å². The van der Waals surface area contributed by atoms with Crippen molar-refractivity contribution in [2.24, 2.45) is 0 Å². The highest BCUT2D eigenvalue weighted by atomic mass is 32.2. The number of anilines is 2. The van der Waals surface area contributed by atoms with Crippen molar-refractivity contribution in [2.75, 3.05) is 23.7 Å². The number of nitrogens with one attached hydrogen (secondary N) is 2. The van der Waals surface area contributed by atoms with Crippen LogP contribution in [0.25, 0.3) is 0 Å². The van der Waals surface area contributed by atoms with Crippen LogP contribution in [0.4, 0.5) is 11.4 Å². The van der Waals surface area contributed by atoms with Crippen molar-refractivity contribution >= 4 is 33.2 Å². The third-order valence-corrected chi connectivity index (χ3v) is 6.31. The van der Waals surface area contributed by atoms with Crippen LogP contribution in [0.15, 0.2) is 48.5 Å². The summed E-state index contributed by atoms with van der Waals surface area (Å²) in [4.78, 5) is 23.6. The largest absolute Gasteiger partial charge is 0.326 e. The molecule has 0 radical (unpaired) electrons. The number of sulfonamides is 1. The zero-order valence-corrected chi connectivity index (χ0v) is 16.5. The summed E-state index contributed by atoms with van der Waals surface area (Å²) >= 11 is 0. The lowest BCUT2D eigenvalue weighted by Crippen LogP contribution is -2.29. The number of hydrogen-bond acceptors (Lipinski definition) is 4. The van der Waals surface area contributed by atoms with Gasteiger partial charge in [0.05, 0.1) is 5.75 Å². The van der Waals surface area contributed by atoms with E-state index >= 15 is 0 Å². The highest BCUT2D eigenvalue weighted by molar-refractivity contribution is 7.88. The molecule has 2 aromatic carbocycles. The van der Waals surface area contributed by atoms with Crippen LogP contribution in [0.1, 0.15) is 35.7 Å². The summed E-state index contributed by atoms with van der Waals surface area (Å²) in [5, 5.41) is 5.43. The molecule has 1 heterocycles. The second-order valence-electron chi connectivity index (χ2n) is 6.78. The van der Waals surface area contributed by atoms with Crippen molar-refractivity contribution < 1.29 is 18.0 Å². The van der Waals surface area contributed by atoms with E-state index in [0.29, 0.717) is 35.6 Å². The van der Waals surface area contributed by atoms with Crippen LogP contribution in [0.5, 0.6) is 0 Å². The van der Waals surface area contributed by atoms with E-state index in [1.165, 1.54) is 11.2 Å². The maximum atomic E-state index is 12.4. The Balaban J connectivity index is 1.64. The Hall–Kier alpha value is -2.71. The van der Waals surface area contributed by atoms with Crippen molar-refractivity contribution in [2.45, 2.75) is 25.5 Å². The van der Waals surface area contributed by atoms with Gasteiger partial charge in [-0.3, -0.25) is 9.59 Å². The summed E-state index contributed by atoms with van der Waals surface area (Å²) in [6.45, 7) is 2.58. The van der Waals surface area contributed by atoms with Crippen molar-refractivity contribution in [3.8, 4) is 0 Å². The molecule has 2 amide bonds. The Morgan fingerprint density at radius 2 is 1.57 bits per heavy atom. The van der Waals surface area contributed by atoms with Crippen molar-refractivity contribution in [1.82, 2.24) is 4.31 Å². The SMILES string of the molecule is CC(=O)Nc1cccc(NC(=O)c2ccc(CS(=O)(=O)N3CCCC3)cc2)c1. The van der Waals surface area contributed by atoms with Crippen molar-refractivity contribution in [3.05, 3.63) is 59.7 Å². The van der Waals surface area contributed by atoms with Gasteiger partial charge in [0.25, 0.3) is 5.91 Å². The topological polar surface area (TPSA) is 95.6 Å². The summed E-state index contributed by atoms with van der Waals surface area (Å²) in [6.07, 6.45) is 1.81. The quantitative estimate of drug-likeness (QED) is 0.778. The van der Waals surface area contributed by atoms with Gasteiger partial charge in [-0.25, -0.2) is 12.7 Å². The average molecular weight is 401 g/mol. The van der Waals surface area contributed by atoms with Crippen LogP contribution < -0.4 is 10.6 Å². The average Bonchev–Trinajstić information content (AvgIpc) is 3.17. The molecule has 1 aliphatic heterocycles. The van der Waals surface area contributed by atoms with Gasteiger partial charge >= 0.3 is 0 Å². The van der Waals surface area contributed by atoms with E-state index in [1.807, 2.05) is 0 Å². The molecule has 0 saturated carbocycles. The van der Waals surface area contributed by atoms with E-state index in [1.54, 1.807) is 48.5 Å². The minimum absolute atomic E-state index is 0.0618. The number of amides is 2. The lowest BCUT2D eigenvalue weighted by molar-refractivity contribution is -0.114. The number of hydrogen-bond donors (Lipinski definition) is 2. The molecule has 8 heteroatoms. The van der Waals surface area contributed by atoms with Gasteiger partial charge in [0.15, 0.2) is 0 Å². The molecule has 2 aromatic rings. The first-order chi connectivity index (χ1) is 13.3. The molecule has 1 fully saturated rings. The zero-order valence-electron chi connectivity index (χ0n) is 15.6. The van der Waals surface area contributed by atoms with Gasteiger partial charge in [-0.1, -0.05) is 18.2 Å². The normalized spacial score (nSPS) is 14.6. The highest BCUT2D eigenvalue weighted by Crippen LogP contribution is 2.19. The molecule has 0 aliphatic carbocycles. The number of rotatable bonds is 6. The Labute approximate surface area is 164 Å². The molecule has 1 aliphatic rings. The van der Waals surface area contributed by atoms with Crippen LogP contribution in [0.3, 0.4) is 0 Å². The third kappa shape index (κ3) is 5.17.